The van der Waals surface area contributed by atoms with Crippen molar-refractivity contribution in [3.05, 3.63) is 0 Å². The predicted molar refractivity (Wildman–Crippen MR) is 59.7 cm³/mol. The molecule has 15 heavy (non-hydrogen) atoms. The molecule has 0 bridgehead atoms. The highest BCUT2D eigenvalue weighted by Crippen LogP contribution is 2.13. The summed E-state index contributed by atoms with van der Waals surface area (Å²) in [4.78, 5) is 11.7. The summed E-state index contributed by atoms with van der Waals surface area (Å²) in [6, 6.07) is 0.291. The minimum absolute atomic E-state index is 0.0792. The van der Waals surface area contributed by atoms with Gasteiger partial charge in [-0.1, -0.05) is 0 Å². The standard InChI is InChI=1S/C11H22N2O2/c1-11(2,15-3)7-10(14)13-9-5-4-6-12-8-9/h9,12H,4-8H2,1-3H3,(H,13,14). The van der Waals surface area contributed by atoms with Crippen LogP contribution in [0.2, 0.25) is 0 Å². The smallest absolute Gasteiger partial charge is 0.223 e. The van der Waals surface area contributed by atoms with Gasteiger partial charge in [0.15, 0.2) is 0 Å². The molecule has 1 heterocycles. The Morgan fingerprint density at radius 3 is 2.87 bits per heavy atom. The van der Waals surface area contributed by atoms with E-state index >= 15 is 0 Å². The average Bonchev–Trinajstić information content (AvgIpc) is 2.18. The largest absolute Gasteiger partial charge is 0.378 e. The van der Waals surface area contributed by atoms with Gasteiger partial charge in [-0.3, -0.25) is 4.79 Å². The van der Waals surface area contributed by atoms with E-state index in [1.807, 2.05) is 13.8 Å². The highest BCUT2D eigenvalue weighted by atomic mass is 16.5. The van der Waals surface area contributed by atoms with Crippen LogP contribution in [0.3, 0.4) is 0 Å². The second-order valence-electron chi connectivity index (χ2n) is 4.75. The van der Waals surface area contributed by atoms with E-state index in [4.69, 9.17) is 4.74 Å². The lowest BCUT2D eigenvalue weighted by molar-refractivity contribution is -0.126. The van der Waals surface area contributed by atoms with Crippen molar-refractivity contribution in [3.8, 4) is 0 Å². The van der Waals surface area contributed by atoms with Crippen molar-refractivity contribution in [1.82, 2.24) is 10.6 Å². The number of methoxy groups -OCH3 is 1. The molecular weight excluding hydrogens is 192 g/mol. The fraction of sp³-hybridized carbons (Fsp3) is 0.909. The molecule has 2 N–H and O–H groups in total. The molecule has 1 fully saturated rings. The van der Waals surface area contributed by atoms with Gasteiger partial charge in [0.05, 0.1) is 12.0 Å². The second kappa shape index (κ2) is 5.47. The molecular formula is C11H22N2O2. The molecule has 4 nitrogen and oxygen atoms in total. The Hall–Kier alpha value is -0.610. The van der Waals surface area contributed by atoms with Crippen molar-refractivity contribution in [1.29, 1.82) is 0 Å². The van der Waals surface area contributed by atoms with Crippen molar-refractivity contribution in [2.75, 3.05) is 20.2 Å². The van der Waals surface area contributed by atoms with E-state index in [2.05, 4.69) is 10.6 Å². The molecule has 1 amide bonds. The molecule has 88 valence electrons. The Labute approximate surface area is 91.8 Å². The van der Waals surface area contributed by atoms with Crippen LogP contribution in [-0.4, -0.2) is 37.7 Å². The van der Waals surface area contributed by atoms with Crippen LogP contribution in [0.5, 0.6) is 0 Å². The average molecular weight is 214 g/mol. The first-order valence-corrected chi connectivity index (χ1v) is 5.59. The first-order valence-electron chi connectivity index (χ1n) is 5.59. The van der Waals surface area contributed by atoms with Crippen LogP contribution in [0.25, 0.3) is 0 Å². The third-order valence-corrected chi connectivity index (χ3v) is 2.80. The fourth-order valence-corrected chi connectivity index (χ4v) is 1.71. The first kappa shape index (κ1) is 12.5. The van der Waals surface area contributed by atoms with Crippen LogP contribution >= 0.6 is 0 Å². The first-order chi connectivity index (χ1) is 7.03. The predicted octanol–water partition coefficient (Wildman–Crippen LogP) is 0.670. The van der Waals surface area contributed by atoms with Crippen LogP contribution in [-0.2, 0) is 9.53 Å². The van der Waals surface area contributed by atoms with E-state index in [-0.39, 0.29) is 11.5 Å². The van der Waals surface area contributed by atoms with Crippen molar-refractivity contribution in [2.45, 2.75) is 44.8 Å². The summed E-state index contributed by atoms with van der Waals surface area (Å²) < 4.78 is 5.22. The van der Waals surface area contributed by atoms with Crippen LogP contribution in [0.1, 0.15) is 33.1 Å². The number of hydrogen-bond acceptors (Lipinski definition) is 3. The van der Waals surface area contributed by atoms with Crippen molar-refractivity contribution >= 4 is 5.91 Å². The van der Waals surface area contributed by atoms with Crippen LogP contribution in [0, 0.1) is 0 Å². The minimum Gasteiger partial charge on any atom is -0.378 e. The zero-order valence-corrected chi connectivity index (χ0v) is 9.93. The molecule has 0 aromatic heterocycles. The maximum Gasteiger partial charge on any atom is 0.223 e. The molecule has 1 rings (SSSR count). The van der Waals surface area contributed by atoms with Crippen LogP contribution < -0.4 is 10.6 Å². The number of carbonyl (C=O) groups is 1. The third kappa shape index (κ3) is 4.62. The Kier molecular flexibility index (Phi) is 4.54. The van der Waals surface area contributed by atoms with Gasteiger partial charge in [0, 0.05) is 19.7 Å². The molecule has 0 spiro atoms. The van der Waals surface area contributed by atoms with Crippen molar-refractivity contribution < 1.29 is 9.53 Å². The monoisotopic (exact) mass is 214 g/mol. The Bertz CT molecular complexity index is 211. The number of piperidine rings is 1. The summed E-state index contributed by atoms with van der Waals surface area (Å²) in [5, 5.41) is 6.30. The van der Waals surface area contributed by atoms with Gasteiger partial charge in [-0.05, 0) is 33.2 Å². The number of hydrogen-bond donors (Lipinski definition) is 2. The quantitative estimate of drug-likeness (QED) is 0.723. The minimum atomic E-state index is -0.369. The molecule has 1 saturated heterocycles. The Morgan fingerprint density at radius 1 is 1.60 bits per heavy atom. The van der Waals surface area contributed by atoms with Gasteiger partial charge in [0.1, 0.15) is 0 Å². The second-order valence-corrected chi connectivity index (χ2v) is 4.75. The van der Waals surface area contributed by atoms with E-state index < -0.39 is 0 Å². The number of nitrogens with one attached hydrogen (secondary N) is 2. The molecule has 0 aliphatic carbocycles. The lowest BCUT2D eigenvalue weighted by Gasteiger charge is -2.27. The molecule has 0 aromatic rings. The lowest BCUT2D eigenvalue weighted by atomic mass is 10.0. The van der Waals surface area contributed by atoms with Crippen molar-refractivity contribution in [3.63, 3.8) is 0 Å². The van der Waals surface area contributed by atoms with Gasteiger partial charge in [0.2, 0.25) is 5.91 Å². The number of ether oxygens (including phenoxy) is 1. The SMILES string of the molecule is COC(C)(C)CC(=O)NC1CCCNC1. The number of carbonyl (C=O) groups excluding carboxylic acids is 1. The fourth-order valence-electron chi connectivity index (χ4n) is 1.71. The van der Waals surface area contributed by atoms with E-state index in [9.17, 15) is 4.79 Å². The zero-order valence-electron chi connectivity index (χ0n) is 9.93. The topological polar surface area (TPSA) is 50.4 Å². The van der Waals surface area contributed by atoms with Crippen molar-refractivity contribution in [2.24, 2.45) is 0 Å². The summed E-state index contributed by atoms with van der Waals surface area (Å²) >= 11 is 0. The molecule has 1 aliphatic heterocycles. The van der Waals surface area contributed by atoms with E-state index in [0.29, 0.717) is 12.5 Å². The Balaban J connectivity index is 2.28. The zero-order chi connectivity index (χ0) is 11.3. The van der Waals surface area contributed by atoms with Gasteiger partial charge in [-0.25, -0.2) is 0 Å². The summed E-state index contributed by atoms with van der Waals surface area (Å²) in [6.07, 6.45) is 2.63. The van der Waals surface area contributed by atoms with Gasteiger partial charge >= 0.3 is 0 Å². The Morgan fingerprint density at radius 2 is 2.33 bits per heavy atom. The molecule has 0 aromatic carbocycles. The van der Waals surface area contributed by atoms with Gasteiger partial charge < -0.3 is 15.4 Å². The highest BCUT2D eigenvalue weighted by molar-refractivity contribution is 5.77. The van der Waals surface area contributed by atoms with E-state index in [1.165, 1.54) is 0 Å². The number of amides is 1. The summed E-state index contributed by atoms with van der Waals surface area (Å²) in [5.41, 5.74) is -0.369. The van der Waals surface area contributed by atoms with Gasteiger partial charge in [-0.15, -0.1) is 0 Å². The maximum absolute atomic E-state index is 11.7. The van der Waals surface area contributed by atoms with Crippen LogP contribution in [0.4, 0.5) is 0 Å². The van der Waals surface area contributed by atoms with Crippen LogP contribution in [0.15, 0.2) is 0 Å². The van der Waals surface area contributed by atoms with E-state index in [1.54, 1.807) is 7.11 Å². The summed E-state index contributed by atoms with van der Waals surface area (Å²) in [7, 11) is 1.63. The van der Waals surface area contributed by atoms with Gasteiger partial charge in [-0.2, -0.15) is 0 Å². The molecule has 0 saturated carbocycles. The third-order valence-electron chi connectivity index (χ3n) is 2.80. The van der Waals surface area contributed by atoms with Gasteiger partial charge in [0.25, 0.3) is 0 Å². The molecule has 0 radical (unpaired) electrons. The highest BCUT2D eigenvalue weighted by Gasteiger charge is 2.23. The summed E-state index contributed by atoms with van der Waals surface area (Å²) in [5.74, 6) is 0.0792. The molecule has 1 unspecified atom stereocenters. The normalized spacial score (nSPS) is 22.5. The van der Waals surface area contributed by atoms with E-state index in [0.717, 1.165) is 25.9 Å². The number of rotatable bonds is 4. The molecule has 1 atom stereocenters. The maximum atomic E-state index is 11.7. The summed E-state index contributed by atoms with van der Waals surface area (Å²) in [6.45, 7) is 5.80. The lowest BCUT2D eigenvalue weighted by Crippen LogP contribution is -2.47. The molecule has 4 heteroatoms. The molecule has 1 aliphatic rings.